The van der Waals surface area contributed by atoms with Gasteiger partial charge in [0.25, 0.3) is 5.91 Å². The number of piperazine rings is 1. The SMILES string of the molecule is O=C(CN1C(=O)C(=Cc2cccc(F)c2)Oc2ccccc21)NCCCN1CCN(c2ccc(F)cc2)CC1. The molecule has 2 aliphatic heterocycles. The lowest BCUT2D eigenvalue weighted by molar-refractivity contribution is -0.123. The van der Waals surface area contributed by atoms with Crippen LogP contribution in [0.5, 0.6) is 5.75 Å². The summed E-state index contributed by atoms with van der Waals surface area (Å²) < 4.78 is 32.6. The van der Waals surface area contributed by atoms with Crippen LogP contribution >= 0.6 is 0 Å². The van der Waals surface area contributed by atoms with E-state index in [0.29, 0.717) is 23.5 Å². The molecular weight excluding hydrogens is 502 g/mol. The van der Waals surface area contributed by atoms with Crippen molar-refractivity contribution in [3.8, 4) is 5.75 Å². The molecule has 0 aromatic heterocycles. The summed E-state index contributed by atoms with van der Waals surface area (Å²) in [6.07, 6.45) is 2.25. The molecule has 5 rings (SSSR count). The summed E-state index contributed by atoms with van der Waals surface area (Å²) >= 11 is 0. The number of benzene rings is 3. The van der Waals surface area contributed by atoms with Crippen LogP contribution in [0.25, 0.3) is 6.08 Å². The van der Waals surface area contributed by atoms with Crippen molar-refractivity contribution < 1.29 is 23.1 Å². The summed E-state index contributed by atoms with van der Waals surface area (Å²) in [5.41, 5.74) is 2.02. The fourth-order valence-electron chi connectivity index (χ4n) is 4.78. The highest BCUT2D eigenvalue weighted by molar-refractivity contribution is 6.12. The van der Waals surface area contributed by atoms with Crippen LogP contribution in [-0.2, 0) is 9.59 Å². The van der Waals surface area contributed by atoms with Crippen LogP contribution in [0.2, 0.25) is 0 Å². The first kappa shape index (κ1) is 26.4. The zero-order valence-corrected chi connectivity index (χ0v) is 21.5. The van der Waals surface area contributed by atoms with Crippen LogP contribution in [0.1, 0.15) is 12.0 Å². The van der Waals surface area contributed by atoms with E-state index < -0.39 is 11.7 Å². The number of amides is 2. The topological polar surface area (TPSA) is 65.1 Å². The van der Waals surface area contributed by atoms with E-state index in [-0.39, 0.29) is 24.0 Å². The highest BCUT2D eigenvalue weighted by atomic mass is 19.1. The molecule has 7 nitrogen and oxygen atoms in total. The van der Waals surface area contributed by atoms with Gasteiger partial charge in [-0.25, -0.2) is 8.78 Å². The van der Waals surface area contributed by atoms with Crippen molar-refractivity contribution in [2.24, 2.45) is 0 Å². The normalized spacial score (nSPS) is 16.7. The van der Waals surface area contributed by atoms with Gasteiger partial charge in [-0.1, -0.05) is 24.3 Å². The second-order valence-electron chi connectivity index (χ2n) is 9.53. The smallest absolute Gasteiger partial charge is 0.294 e. The predicted molar refractivity (Wildman–Crippen MR) is 146 cm³/mol. The lowest BCUT2D eigenvalue weighted by Crippen LogP contribution is -2.47. The molecular formula is C30H30F2N4O3. The molecule has 0 aliphatic carbocycles. The zero-order valence-electron chi connectivity index (χ0n) is 21.5. The van der Waals surface area contributed by atoms with Gasteiger partial charge in [-0.05, 0) is 73.1 Å². The molecule has 0 unspecified atom stereocenters. The van der Waals surface area contributed by atoms with E-state index in [2.05, 4.69) is 15.1 Å². The number of fused-ring (bicyclic) bond motifs is 1. The molecule has 2 amide bonds. The van der Waals surface area contributed by atoms with Gasteiger partial charge in [0.1, 0.15) is 18.2 Å². The Kier molecular flexibility index (Phi) is 8.17. The maximum absolute atomic E-state index is 13.6. The molecule has 9 heteroatoms. The summed E-state index contributed by atoms with van der Waals surface area (Å²) in [5, 5.41) is 2.92. The Balaban J connectivity index is 1.12. The van der Waals surface area contributed by atoms with Crippen LogP contribution in [-0.4, -0.2) is 62.5 Å². The Morgan fingerprint density at radius 3 is 2.46 bits per heavy atom. The number of carbonyl (C=O) groups is 2. The number of ether oxygens (including phenoxy) is 1. The van der Waals surface area contributed by atoms with Crippen LogP contribution < -0.4 is 19.9 Å². The summed E-state index contributed by atoms with van der Waals surface area (Å²) in [7, 11) is 0. The van der Waals surface area contributed by atoms with E-state index in [1.165, 1.54) is 35.2 Å². The number of rotatable bonds is 8. The monoisotopic (exact) mass is 532 g/mol. The number of halogens is 2. The highest BCUT2D eigenvalue weighted by Gasteiger charge is 2.31. The number of anilines is 2. The Morgan fingerprint density at radius 2 is 1.69 bits per heavy atom. The molecule has 0 atom stereocenters. The molecule has 2 heterocycles. The fourth-order valence-corrected chi connectivity index (χ4v) is 4.78. The van der Waals surface area contributed by atoms with E-state index in [9.17, 15) is 18.4 Å². The molecule has 39 heavy (non-hydrogen) atoms. The minimum atomic E-state index is -0.466. The third-order valence-corrected chi connectivity index (χ3v) is 6.82. The van der Waals surface area contributed by atoms with Crippen LogP contribution in [0.4, 0.5) is 20.2 Å². The number of hydrogen-bond acceptors (Lipinski definition) is 5. The maximum atomic E-state index is 13.6. The first-order chi connectivity index (χ1) is 19.0. The van der Waals surface area contributed by atoms with Crippen LogP contribution in [0, 0.1) is 11.6 Å². The van der Waals surface area contributed by atoms with Crippen LogP contribution in [0.3, 0.4) is 0 Å². The van der Waals surface area contributed by atoms with E-state index in [1.54, 1.807) is 48.5 Å². The minimum Gasteiger partial charge on any atom is -0.449 e. The van der Waals surface area contributed by atoms with Crippen molar-refractivity contribution in [2.75, 3.05) is 55.6 Å². The Morgan fingerprint density at radius 1 is 0.923 bits per heavy atom. The number of para-hydroxylation sites is 2. The van der Waals surface area contributed by atoms with Gasteiger partial charge >= 0.3 is 0 Å². The van der Waals surface area contributed by atoms with Crippen molar-refractivity contribution in [1.29, 1.82) is 0 Å². The van der Waals surface area contributed by atoms with Gasteiger partial charge in [0.15, 0.2) is 11.5 Å². The molecule has 3 aromatic carbocycles. The average molecular weight is 533 g/mol. The van der Waals surface area contributed by atoms with Crippen molar-refractivity contribution in [1.82, 2.24) is 10.2 Å². The molecule has 0 bridgehead atoms. The van der Waals surface area contributed by atoms with Gasteiger partial charge in [0.05, 0.1) is 5.69 Å². The van der Waals surface area contributed by atoms with Crippen molar-refractivity contribution >= 4 is 29.3 Å². The summed E-state index contributed by atoms with van der Waals surface area (Å²) in [5.74, 6) is -0.918. The Bertz CT molecular complexity index is 1350. The first-order valence-electron chi connectivity index (χ1n) is 13.0. The summed E-state index contributed by atoms with van der Waals surface area (Å²) in [4.78, 5) is 32.0. The second kappa shape index (κ2) is 12.1. The van der Waals surface area contributed by atoms with Gasteiger partial charge < -0.3 is 15.0 Å². The van der Waals surface area contributed by atoms with Gasteiger partial charge in [0.2, 0.25) is 5.91 Å². The van der Waals surface area contributed by atoms with Gasteiger partial charge in [-0.2, -0.15) is 0 Å². The van der Waals surface area contributed by atoms with Gasteiger partial charge in [-0.3, -0.25) is 19.4 Å². The first-order valence-corrected chi connectivity index (χ1v) is 13.0. The molecule has 3 aromatic rings. The lowest BCUT2D eigenvalue weighted by Gasteiger charge is -2.36. The maximum Gasteiger partial charge on any atom is 0.294 e. The molecule has 202 valence electrons. The number of nitrogens with one attached hydrogen (secondary N) is 1. The molecule has 0 spiro atoms. The molecule has 1 N–H and O–H groups in total. The molecule has 0 radical (unpaired) electrons. The quantitative estimate of drug-likeness (QED) is 0.350. The highest BCUT2D eigenvalue weighted by Crippen LogP contribution is 2.35. The summed E-state index contributed by atoms with van der Waals surface area (Å²) in [6.45, 7) is 4.69. The molecule has 1 fully saturated rings. The Hall–Kier alpha value is -4.24. The van der Waals surface area contributed by atoms with E-state index in [0.717, 1.165) is 44.8 Å². The van der Waals surface area contributed by atoms with E-state index in [4.69, 9.17) is 4.74 Å². The van der Waals surface area contributed by atoms with Crippen LogP contribution in [0.15, 0.2) is 78.6 Å². The fraction of sp³-hybridized carbons (Fsp3) is 0.267. The third-order valence-electron chi connectivity index (χ3n) is 6.82. The number of carbonyl (C=O) groups excluding carboxylic acids is 2. The zero-order chi connectivity index (χ0) is 27.2. The Labute approximate surface area is 226 Å². The predicted octanol–water partition coefficient (Wildman–Crippen LogP) is 4.06. The average Bonchev–Trinajstić information content (AvgIpc) is 2.94. The van der Waals surface area contributed by atoms with E-state index >= 15 is 0 Å². The molecule has 2 aliphatic rings. The number of hydrogen-bond donors (Lipinski definition) is 1. The van der Waals surface area contributed by atoms with Crippen molar-refractivity contribution in [2.45, 2.75) is 6.42 Å². The van der Waals surface area contributed by atoms with Crippen molar-refractivity contribution in [3.63, 3.8) is 0 Å². The molecule has 0 saturated carbocycles. The lowest BCUT2D eigenvalue weighted by atomic mass is 10.1. The van der Waals surface area contributed by atoms with Crippen molar-refractivity contribution in [3.05, 3.63) is 95.8 Å². The summed E-state index contributed by atoms with van der Waals surface area (Å²) in [6, 6.07) is 19.4. The second-order valence-corrected chi connectivity index (χ2v) is 9.53. The standard InChI is InChI=1S/C30H30F2N4O3/c31-23-9-11-25(12-10-23)35-17-15-34(16-18-35)14-4-13-33-29(37)21-36-26-7-1-2-8-27(26)39-28(30(36)38)20-22-5-3-6-24(32)19-22/h1-3,5-12,19-20H,4,13-18,21H2,(H,33,37). The minimum absolute atomic E-state index is 0.0203. The molecule has 1 saturated heterocycles. The third kappa shape index (κ3) is 6.61. The van der Waals surface area contributed by atoms with Gasteiger partial charge in [0, 0.05) is 38.4 Å². The largest absolute Gasteiger partial charge is 0.449 e. The van der Waals surface area contributed by atoms with E-state index in [1.807, 2.05) is 0 Å². The number of nitrogens with zero attached hydrogens (tertiary/aromatic N) is 3. The van der Waals surface area contributed by atoms with Gasteiger partial charge in [-0.15, -0.1) is 0 Å².